The van der Waals surface area contributed by atoms with Gasteiger partial charge in [-0.2, -0.15) is 0 Å². The number of hydrogen-bond donors (Lipinski definition) is 2. The largest absolute Gasteiger partial charge is 0.493 e. The summed E-state index contributed by atoms with van der Waals surface area (Å²) in [5.41, 5.74) is 12.8. The summed E-state index contributed by atoms with van der Waals surface area (Å²) < 4.78 is 21.9. The van der Waals surface area contributed by atoms with Crippen LogP contribution in [0.15, 0.2) is 39.5 Å². The molecule has 0 atom stereocenters. The lowest BCUT2D eigenvalue weighted by Gasteiger charge is -2.15. The molecule has 1 heterocycles. The van der Waals surface area contributed by atoms with Crippen molar-refractivity contribution in [3.05, 3.63) is 40.6 Å². The Balaban J connectivity index is 2.40. The second kappa shape index (κ2) is 6.27. The number of anilines is 2. The van der Waals surface area contributed by atoms with E-state index in [2.05, 4.69) is 0 Å². The monoisotopic (exact) mass is 342 g/mol. The normalized spacial score (nSPS) is 10.7. The van der Waals surface area contributed by atoms with E-state index in [0.29, 0.717) is 22.7 Å². The third-order valence-electron chi connectivity index (χ3n) is 3.90. The summed E-state index contributed by atoms with van der Waals surface area (Å²) in [5, 5.41) is 0.192. The van der Waals surface area contributed by atoms with Gasteiger partial charge in [-0.15, -0.1) is 0 Å². The van der Waals surface area contributed by atoms with Crippen molar-refractivity contribution >= 4 is 22.3 Å². The summed E-state index contributed by atoms with van der Waals surface area (Å²) in [5.74, 6) is 1.14. The van der Waals surface area contributed by atoms with E-state index in [1.165, 1.54) is 21.3 Å². The maximum Gasteiger partial charge on any atom is 0.220 e. The third kappa shape index (κ3) is 2.59. The number of benzene rings is 2. The molecule has 1 aromatic heterocycles. The molecule has 0 saturated carbocycles. The van der Waals surface area contributed by atoms with E-state index in [4.69, 9.17) is 30.1 Å². The Morgan fingerprint density at radius 1 is 0.920 bits per heavy atom. The molecule has 3 aromatic rings. The average Bonchev–Trinajstić information content (AvgIpc) is 2.63. The molecule has 25 heavy (non-hydrogen) atoms. The predicted molar refractivity (Wildman–Crippen MR) is 96.4 cm³/mol. The zero-order chi connectivity index (χ0) is 18.1. The highest BCUT2D eigenvalue weighted by atomic mass is 16.5. The van der Waals surface area contributed by atoms with E-state index in [0.717, 1.165) is 0 Å². The Bertz CT molecular complexity index is 993. The zero-order valence-corrected chi connectivity index (χ0v) is 14.1. The number of methoxy groups -OCH3 is 3. The lowest BCUT2D eigenvalue weighted by molar-refractivity contribution is 0.326. The Morgan fingerprint density at radius 3 is 2.12 bits per heavy atom. The minimum Gasteiger partial charge on any atom is -0.493 e. The summed E-state index contributed by atoms with van der Waals surface area (Å²) in [6.07, 6.45) is 0. The molecule has 7 nitrogen and oxygen atoms in total. The van der Waals surface area contributed by atoms with Gasteiger partial charge in [-0.3, -0.25) is 4.79 Å². The molecule has 130 valence electrons. The summed E-state index contributed by atoms with van der Waals surface area (Å²) in [6, 6.07) is 8.43. The fourth-order valence-electron chi connectivity index (χ4n) is 2.68. The first kappa shape index (κ1) is 16.5. The van der Waals surface area contributed by atoms with Gasteiger partial charge >= 0.3 is 0 Å². The van der Waals surface area contributed by atoms with Crippen LogP contribution in [0.2, 0.25) is 0 Å². The fraction of sp³-hybridized carbons (Fsp3) is 0.167. The van der Waals surface area contributed by atoms with Crippen molar-refractivity contribution in [1.82, 2.24) is 0 Å². The van der Waals surface area contributed by atoms with E-state index >= 15 is 0 Å². The van der Waals surface area contributed by atoms with Gasteiger partial charge in [0.2, 0.25) is 11.2 Å². The van der Waals surface area contributed by atoms with Crippen LogP contribution in [0.5, 0.6) is 17.2 Å². The molecule has 0 bridgehead atoms. The van der Waals surface area contributed by atoms with Crippen LogP contribution in [0.4, 0.5) is 11.4 Å². The Hall–Kier alpha value is -3.35. The van der Waals surface area contributed by atoms with Gasteiger partial charge in [0.25, 0.3) is 0 Å². The molecular weight excluding hydrogens is 324 g/mol. The van der Waals surface area contributed by atoms with Gasteiger partial charge in [0, 0.05) is 17.3 Å². The van der Waals surface area contributed by atoms with Crippen molar-refractivity contribution in [2.75, 3.05) is 32.8 Å². The lowest BCUT2D eigenvalue weighted by atomic mass is 10.1. The van der Waals surface area contributed by atoms with Crippen LogP contribution in [0.1, 0.15) is 0 Å². The van der Waals surface area contributed by atoms with Gasteiger partial charge < -0.3 is 30.1 Å². The van der Waals surface area contributed by atoms with Gasteiger partial charge in [-0.25, -0.2) is 0 Å². The number of fused-ring (bicyclic) bond motifs is 1. The molecule has 2 aromatic carbocycles. The van der Waals surface area contributed by atoms with Crippen LogP contribution in [-0.4, -0.2) is 21.3 Å². The van der Waals surface area contributed by atoms with E-state index in [1.54, 1.807) is 30.3 Å². The van der Waals surface area contributed by atoms with Crippen LogP contribution in [0.3, 0.4) is 0 Å². The van der Waals surface area contributed by atoms with Gasteiger partial charge in [-0.05, 0) is 24.3 Å². The van der Waals surface area contributed by atoms with E-state index in [-0.39, 0.29) is 28.2 Å². The lowest BCUT2D eigenvalue weighted by Crippen LogP contribution is -2.12. The van der Waals surface area contributed by atoms with E-state index in [1.807, 2.05) is 0 Å². The minimum absolute atomic E-state index is 0.0252. The molecular formula is C18H18N2O5. The van der Waals surface area contributed by atoms with E-state index in [9.17, 15) is 4.79 Å². The van der Waals surface area contributed by atoms with E-state index < -0.39 is 5.43 Å². The quantitative estimate of drug-likeness (QED) is 0.701. The van der Waals surface area contributed by atoms with Gasteiger partial charge in [0.1, 0.15) is 16.7 Å². The molecule has 3 rings (SSSR count). The molecule has 0 aliphatic heterocycles. The topological polar surface area (TPSA) is 110 Å². The zero-order valence-electron chi connectivity index (χ0n) is 14.1. The number of rotatable bonds is 4. The van der Waals surface area contributed by atoms with Crippen molar-refractivity contribution in [2.45, 2.75) is 0 Å². The second-order valence-corrected chi connectivity index (χ2v) is 5.31. The number of nitrogen functional groups attached to an aromatic ring is 2. The molecule has 7 heteroatoms. The average molecular weight is 342 g/mol. The Morgan fingerprint density at radius 2 is 1.56 bits per heavy atom. The van der Waals surface area contributed by atoms with Crippen LogP contribution >= 0.6 is 0 Å². The smallest absolute Gasteiger partial charge is 0.220 e. The number of ether oxygens (including phenoxy) is 3. The molecule has 0 fully saturated rings. The van der Waals surface area contributed by atoms with Crippen molar-refractivity contribution in [3.63, 3.8) is 0 Å². The van der Waals surface area contributed by atoms with Crippen LogP contribution in [-0.2, 0) is 0 Å². The molecule has 0 saturated heterocycles. The summed E-state index contributed by atoms with van der Waals surface area (Å²) in [4.78, 5) is 12.9. The first-order chi connectivity index (χ1) is 12.0. The second-order valence-electron chi connectivity index (χ2n) is 5.31. The Kier molecular flexibility index (Phi) is 4.14. The highest BCUT2D eigenvalue weighted by Gasteiger charge is 2.23. The fourth-order valence-corrected chi connectivity index (χ4v) is 2.68. The summed E-state index contributed by atoms with van der Waals surface area (Å²) in [7, 11) is 4.37. The molecule has 0 radical (unpaired) electrons. The molecule has 0 aliphatic rings. The van der Waals surface area contributed by atoms with Gasteiger partial charge in [-0.1, -0.05) is 0 Å². The van der Waals surface area contributed by atoms with Crippen molar-refractivity contribution in [1.29, 1.82) is 0 Å². The summed E-state index contributed by atoms with van der Waals surface area (Å²) >= 11 is 0. The van der Waals surface area contributed by atoms with Crippen LogP contribution in [0.25, 0.3) is 22.3 Å². The first-order valence-electron chi connectivity index (χ1n) is 7.43. The minimum atomic E-state index is -0.411. The standard InChI is InChI=1S/C18H18N2O5/c1-22-12-8-11-13(18(24-3)17(12)23-2)15(21)14(20)16(25-11)9-4-6-10(19)7-5-9/h4-8H,19-20H2,1-3H3. The van der Waals surface area contributed by atoms with Crippen molar-refractivity contribution in [2.24, 2.45) is 0 Å². The van der Waals surface area contributed by atoms with Crippen LogP contribution in [0, 0.1) is 0 Å². The van der Waals surface area contributed by atoms with Crippen molar-refractivity contribution in [3.8, 4) is 28.6 Å². The van der Waals surface area contributed by atoms with Gasteiger partial charge in [0.05, 0.1) is 21.3 Å². The highest BCUT2D eigenvalue weighted by Crippen LogP contribution is 2.43. The third-order valence-corrected chi connectivity index (χ3v) is 3.90. The molecule has 0 spiro atoms. The Labute approximate surface area is 143 Å². The number of hydrogen-bond acceptors (Lipinski definition) is 7. The maximum atomic E-state index is 12.9. The number of nitrogens with two attached hydrogens (primary N) is 2. The highest BCUT2D eigenvalue weighted by molar-refractivity contribution is 5.93. The SMILES string of the molecule is COc1cc2oc(-c3ccc(N)cc3)c(N)c(=O)c2c(OC)c1OC. The van der Waals surface area contributed by atoms with Gasteiger partial charge in [0.15, 0.2) is 17.3 Å². The summed E-state index contributed by atoms with van der Waals surface area (Å²) in [6.45, 7) is 0. The van der Waals surface area contributed by atoms with Crippen LogP contribution < -0.4 is 31.1 Å². The molecule has 0 aliphatic carbocycles. The maximum absolute atomic E-state index is 12.9. The first-order valence-corrected chi connectivity index (χ1v) is 7.43. The van der Waals surface area contributed by atoms with Crippen molar-refractivity contribution < 1.29 is 18.6 Å². The molecule has 0 unspecified atom stereocenters. The predicted octanol–water partition coefficient (Wildman–Crippen LogP) is 2.65. The molecule has 0 amide bonds. The molecule has 4 N–H and O–H groups in total.